The molecule has 0 spiro atoms. The van der Waals surface area contributed by atoms with Gasteiger partial charge in [-0.2, -0.15) is 0 Å². The maximum atomic E-state index is 12.5. The maximum Gasteiger partial charge on any atom is 0.420 e. The highest BCUT2D eigenvalue weighted by Gasteiger charge is 2.31. The van der Waals surface area contributed by atoms with Gasteiger partial charge in [0.15, 0.2) is 5.84 Å². The highest BCUT2D eigenvalue weighted by molar-refractivity contribution is 5.97. The Hall–Kier alpha value is -2.77. The number of nitrogens with zero attached hydrogens (tertiary/aromatic N) is 2. The molecule has 0 bridgehead atoms. The van der Waals surface area contributed by atoms with E-state index in [1.165, 1.54) is 0 Å². The normalized spacial score (nSPS) is 12.5. The summed E-state index contributed by atoms with van der Waals surface area (Å²) < 4.78 is 10.6. The fourth-order valence-electron chi connectivity index (χ4n) is 1.91. The Labute approximate surface area is 153 Å². The van der Waals surface area contributed by atoms with Crippen molar-refractivity contribution in [3.05, 3.63) is 35.4 Å². The predicted octanol–water partition coefficient (Wildman–Crippen LogP) is 3.45. The van der Waals surface area contributed by atoms with Gasteiger partial charge in [-0.1, -0.05) is 23.4 Å². The summed E-state index contributed by atoms with van der Waals surface area (Å²) >= 11 is 0. The Kier molecular flexibility index (Phi) is 6.60. The van der Waals surface area contributed by atoms with E-state index < -0.39 is 23.4 Å². The number of benzene rings is 1. The van der Waals surface area contributed by atoms with E-state index in [1.807, 2.05) is 0 Å². The maximum absolute atomic E-state index is 12.5. The number of amidine groups is 1. The van der Waals surface area contributed by atoms with Crippen molar-refractivity contribution in [2.45, 2.75) is 59.3 Å². The van der Waals surface area contributed by atoms with Gasteiger partial charge in [0.2, 0.25) is 0 Å². The minimum atomic E-state index is -0.819. The number of imide groups is 1. The van der Waals surface area contributed by atoms with Crippen molar-refractivity contribution in [2.75, 3.05) is 0 Å². The van der Waals surface area contributed by atoms with E-state index in [9.17, 15) is 9.59 Å². The van der Waals surface area contributed by atoms with E-state index in [4.69, 9.17) is 20.4 Å². The van der Waals surface area contributed by atoms with Crippen LogP contribution in [0.4, 0.5) is 9.59 Å². The molecule has 3 N–H and O–H groups in total. The van der Waals surface area contributed by atoms with Crippen molar-refractivity contribution in [2.24, 2.45) is 10.9 Å². The number of hydrogen-bond donors (Lipinski definition) is 2. The number of hydrogen-bond acceptors (Lipinski definition) is 6. The molecule has 0 radical (unpaired) electrons. The zero-order valence-corrected chi connectivity index (χ0v) is 16.1. The number of ether oxygens (including phenoxy) is 2. The van der Waals surface area contributed by atoms with Crippen LogP contribution in [0.5, 0.6) is 0 Å². The zero-order valence-electron chi connectivity index (χ0n) is 16.1. The molecule has 8 heteroatoms. The van der Waals surface area contributed by atoms with Crippen LogP contribution in [-0.2, 0) is 16.0 Å². The molecule has 2 amide bonds. The van der Waals surface area contributed by atoms with Crippen LogP contribution in [-0.4, -0.2) is 39.3 Å². The molecule has 0 saturated heterocycles. The van der Waals surface area contributed by atoms with Gasteiger partial charge in [0, 0.05) is 5.56 Å². The lowest BCUT2D eigenvalue weighted by atomic mass is 10.1. The lowest BCUT2D eigenvalue weighted by Crippen LogP contribution is -2.43. The molecule has 26 heavy (non-hydrogen) atoms. The molecule has 8 nitrogen and oxygen atoms in total. The summed E-state index contributed by atoms with van der Waals surface area (Å²) in [6.07, 6.45) is -1.64. The predicted molar refractivity (Wildman–Crippen MR) is 97.0 cm³/mol. The summed E-state index contributed by atoms with van der Waals surface area (Å²) in [4.78, 5) is 25.8. The van der Waals surface area contributed by atoms with Crippen LogP contribution >= 0.6 is 0 Å². The largest absolute Gasteiger partial charge is 0.443 e. The number of carbonyl (C=O) groups excluding carboxylic acids is 2. The molecule has 1 aromatic rings. The fraction of sp³-hybridized carbons (Fsp3) is 0.500. The third kappa shape index (κ3) is 7.00. The highest BCUT2D eigenvalue weighted by Crippen LogP contribution is 2.17. The van der Waals surface area contributed by atoms with Gasteiger partial charge in [0.25, 0.3) is 0 Å². The number of carbonyl (C=O) groups is 2. The third-order valence-electron chi connectivity index (χ3n) is 2.90. The van der Waals surface area contributed by atoms with Crippen molar-refractivity contribution in [1.82, 2.24) is 4.90 Å². The Morgan fingerprint density at radius 2 is 1.58 bits per heavy atom. The Balaban J connectivity index is 3.13. The van der Waals surface area contributed by atoms with Gasteiger partial charge in [0.1, 0.15) is 11.2 Å². The summed E-state index contributed by atoms with van der Waals surface area (Å²) in [5, 5.41) is 11.7. The van der Waals surface area contributed by atoms with Gasteiger partial charge in [-0.25, -0.2) is 14.5 Å². The Morgan fingerprint density at radius 1 is 1.08 bits per heavy atom. The van der Waals surface area contributed by atoms with E-state index in [-0.39, 0.29) is 12.4 Å². The molecule has 0 unspecified atom stereocenters. The van der Waals surface area contributed by atoms with Gasteiger partial charge in [0.05, 0.1) is 6.54 Å². The molecule has 0 aliphatic carbocycles. The van der Waals surface area contributed by atoms with Crippen molar-refractivity contribution in [1.29, 1.82) is 0 Å². The van der Waals surface area contributed by atoms with Crippen LogP contribution < -0.4 is 5.73 Å². The summed E-state index contributed by atoms with van der Waals surface area (Å²) in [6.45, 7) is 10.1. The molecule has 0 aromatic heterocycles. The monoisotopic (exact) mass is 365 g/mol. The molecule has 0 fully saturated rings. The van der Waals surface area contributed by atoms with E-state index in [0.717, 1.165) is 4.90 Å². The number of nitrogens with two attached hydrogens (primary N) is 1. The van der Waals surface area contributed by atoms with Gasteiger partial charge in [-0.3, -0.25) is 0 Å². The molecule has 1 aromatic carbocycles. The minimum absolute atomic E-state index is 0.0760. The molecule has 0 heterocycles. The smallest absolute Gasteiger partial charge is 0.420 e. The summed E-state index contributed by atoms with van der Waals surface area (Å²) in [5.74, 6) is -0.0760. The lowest BCUT2D eigenvalue weighted by molar-refractivity contribution is -0.000248. The first-order valence-electron chi connectivity index (χ1n) is 8.13. The van der Waals surface area contributed by atoms with E-state index in [1.54, 1.807) is 65.8 Å². The highest BCUT2D eigenvalue weighted by atomic mass is 16.6. The molecular formula is C18H27N3O5. The fourth-order valence-corrected chi connectivity index (χ4v) is 1.91. The first-order valence-corrected chi connectivity index (χ1v) is 8.13. The molecule has 1 rings (SSSR count). The van der Waals surface area contributed by atoms with Crippen LogP contribution in [0.3, 0.4) is 0 Å². The summed E-state index contributed by atoms with van der Waals surface area (Å²) in [6, 6.07) is 6.63. The number of rotatable bonds is 3. The first-order chi connectivity index (χ1) is 11.8. The SMILES string of the molecule is CC(C)(C)OC(=O)N(Cc1cccc(/C(N)=N/O)c1)C(=O)OC(C)(C)C. The molecular weight excluding hydrogens is 338 g/mol. The van der Waals surface area contributed by atoms with Crippen molar-refractivity contribution >= 4 is 18.0 Å². The quantitative estimate of drug-likeness (QED) is 0.367. The first kappa shape index (κ1) is 21.3. The second kappa shape index (κ2) is 8.07. The summed E-state index contributed by atoms with van der Waals surface area (Å²) in [5.41, 5.74) is 5.09. The van der Waals surface area contributed by atoms with E-state index in [2.05, 4.69) is 5.16 Å². The third-order valence-corrected chi connectivity index (χ3v) is 2.90. The average Bonchev–Trinajstić information content (AvgIpc) is 2.48. The van der Waals surface area contributed by atoms with E-state index in [0.29, 0.717) is 11.1 Å². The Bertz CT molecular complexity index is 659. The lowest BCUT2D eigenvalue weighted by Gasteiger charge is -2.28. The van der Waals surface area contributed by atoms with Crippen LogP contribution in [0.2, 0.25) is 0 Å². The molecule has 0 saturated carbocycles. The zero-order chi connectivity index (χ0) is 20.1. The Morgan fingerprint density at radius 3 is 2.00 bits per heavy atom. The molecule has 144 valence electrons. The van der Waals surface area contributed by atoms with Crippen LogP contribution in [0.1, 0.15) is 52.7 Å². The van der Waals surface area contributed by atoms with Gasteiger partial charge >= 0.3 is 12.2 Å². The standard InChI is InChI=1S/C18H27N3O5/c1-17(2,3)25-15(22)21(16(23)26-18(4,5)6)11-12-8-7-9-13(10-12)14(19)20-24/h7-10,24H,11H2,1-6H3,(H2,19,20). The van der Waals surface area contributed by atoms with E-state index >= 15 is 0 Å². The number of oxime groups is 1. The molecule has 0 atom stereocenters. The molecule has 0 aliphatic rings. The van der Waals surface area contributed by atoms with Crippen LogP contribution in [0.25, 0.3) is 0 Å². The minimum Gasteiger partial charge on any atom is -0.443 e. The van der Waals surface area contributed by atoms with Crippen LogP contribution in [0, 0.1) is 0 Å². The second-order valence-electron chi connectivity index (χ2n) is 7.73. The molecule has 0 aliphatic heterocycles. The number of amides is 2. The van der Waals surface area contributed by atoms with Crippen molar-refractivity contribution in [3.63, 3.8) is 0 Å². The van der Waals surface area contributed by atoms with Gasteiger partial charge < -0.3 is 20.4 Å². The topological polar surface area (TPSA) is 114 Å². The van der Waals surface area contributed by atoms with Crippen molar-refractivity contribution in [3.8, 4) is 0 Å². The van der Waals surface area contributed by atoms with Gasteiger partial charge in [-0.15, -0.1) is 0 Å². The summed E-state index contributed by atoms with van der Waals surface area (Å²) in [7, 11) is 0. The van der Waals surface area contributed by atoms with Gasteiger partial charge in [-0.05, 0) is 53.2 Å². The average molecular weight is 365 g/mol. The van der Waals surface area contributed by atoms with Crippen LogP contribution in [0.15, 0.2) is 29.4 Å². The van der Waals surface area contributed by atoms with Crippen molar-refractivity contribution < 1.29 is 24.3 Å². The second-order valence-corrected chi connectivity index (χ2v) is 7.73.